The number of carboxylic acid groups (broad SMARTS) is 1. The average Bonchev–Trinajstić information content (AvgIpc) is 2.74. The Morgan fingerprint density at radius 1 is 1.21 bits per heavy atom. The first kappa shape index (κ1) is 20.7. The fourth-order valence-corrected chi connectivity index (χ4v) is 3.23. The predicted octanol–water partition coefficient (Wildman–Crippen LogP) is 3.70. The van der Waals surface area contributed by atoms with Gasteiger partial charge in [-0.05, 0) is 30.2 Å². The molecule has 1 saturated heterocycles. The molecule has 2 aromatic rings. The van der Waals surface area contributed by atoms with Crippen LogP contribution >= 0.6 is 0 Å². The van der Waals surface area contributed by atoms with Crippen molar-refractivity contribution in [3.63, 3.8) is 0 Å². The van der Waals surface area contributed by atoms with E-state index in [0.717, 1.165) is 18.8 Å². The number of hydrogen-bond acceptors (Lipinski definition) is 5. The zero-order valence-corrected chi connectivity index (χ0v) is 16.5. The molecule has 1 fully saturated rings. The van der Waals surface area contributed by atoms with Crippen LogP contribution in [0, 0.1) is 5.82 Å². The molecule has 1 aliphatic rings. The Morgan fingerprint density at radius 3 is 2.59 bits per heavy atom. The fourth-order valence-electron chi connectivity index (χ4n) is 3.23. The number of ether oxygens (including phenoxy) is 3. The Bertz CT molecular complexity index is 906. The van der Waals surface area contributed by atoms with Gasteiger partial charge in [0.05, 0.1) is 20.3 Å². The summed E-state index contributed by atoms with van der Waals surface area (Å²) in [5, 5.41) is 9.58. The Hall–Kier alpha value is -3.06. The van der Waals surface area contributed by atoms with E-state index in [0.29, 0.717) is 24.3 Å². The van der Waals surface area contributed by atoms with Gasteiger partial charge in [-0.1, -0.05) is 24.3 Å². The molecular formula is C22H24FNO5. The third kappa shape index (κ3) is 4.86. The first-order chi connectivity index (χ1) is 14.0. The maximum absolute atomic E-state index is 14.6. The van der Waals surface area contributed by atoms with E-state index < -0.39 is 11.8 Å². The van der Waals surface area contributed by atoms with E-state index in [1.54, 1.807) is 37.3 Å². The molecule has 154 valence electrons. The largest absolute Gasteiger partial charge is 0.500 e. The molecule has 1 heterocycles. The number of methoxy groups -OCH3 is 1. The van der Waals surface area contributed by atoms with Crippen molar-refractivity contribution in [1.82, 2.24) is 0 Å². The molecule has 3 rings (SSSR count). The van der Waals surface area contributed by atoms with Gasteiger partial charge < -0.3 is 24.2 Å². The van der Waals surface area contributed by atoms with Gasteiger partial charge in [-0.15, -0.1) is 0 Å². The summed E-state index contributed by atoms with van der Waals surface area (Å²) in [6.45, 7) is 4.29. The maximum atomic E-state index is 14.6. The van der Waals surface area contributed by atoms with E-state index in [2.05, 4.69) is 4.90 Å². The van der Waals surface area contributed by atoms with Crippen molar-refractivity contribution in [3.05, 3.63) is 65.2 Å². The Labute approximate surface area is 169 Å². The minimum Gasteiger partial charge on any atom is -0.500 e. The summed E-state index contributed by atoms with van der Waals surface area (Å²) in [7, 11) is 1.42. The summed E-state index contributed by atoms with van der Waals surface area (Å²) >= 11 is 0. The highest BCUT2D eigenvalue weighted by Gasteiger charge is 2.19. The highest BCUT2D eigenvalue weighted by Crippen LogP contribution is 2.28. The smallest absolute Gasteiger partial charge is 0.339 e. The molecule has 29 heavy (non-hydrogen) atoms. The predicted molar refractivity (Wildman–Crippen MR) is 107 cm³/mol. The van der Waals surface area contributed by atoms with Crippen molar-refractivity contribution in [2.24, 2.45) is 0 Å². The minimum absolute atomic E-state index is 0.0256. The monoisotopic (exact) mass is 401 g/mol. The number of anilines is 1. The molecule has 1 N–H and O–H groups in total. The number of hydrogen-bond donors (Lipinski definition) is 1. The quantitative estimate of drug-likeness (QED) is 0.564. The van der Waals surface area contributed by atoms with Crippen LogP contribution in [0.2, 0.25) is 0 Å². The number of nitrogens with zero attached hydrogens (tertiary/aromatic N) is 1. The number of carboxylic acids is 1. The molecule has 0 radical (unpaired) electrons. The molecule has 7 heteroatoms. The van der Waals surface area contributed by atoms with Crippen LogP contribution < -0.4 is 9.64 Å². The lowest BCUT2D eigenvalue weighted by atomic mass is 9.99. The Kier molecular flexibility index (Phi) is 6.72. The van der Waals surface area contributed by atoms with Crippen molar-refractivity contribution in [1.29, 1.82) is 0 Å². The molecule has 0 spiro atoms. The van der Waals surface area contributed by atoms with Crippen molar-refractivity contribution in [2.45, 2.75) is 13.5 Å². The van der Waals surface area contributed by atoms with Gasteiger partial charge in [0.25, 0.3) is 0 Å². The average molecular weight is 401 g/mol. The second-order valence-corrected chi connectivity index (χ2v) is 6.60. The summed E-state index contributed by atoms with van der Waals surface area (Å²) in [5.41, 5.74) is 1.93. The maximum Gasteiger partial charge on any atom is 0.339 e. The molecule has 6 nitrogen and oxygen atoms in total. The van der Waals surface area contributed by atoms with Crippen LogP contribution in [0.1, 0.15) is 18.1 Å². The van der Waals surface area contributed by atoms with Gasteiger partial charge in [0.15, 0.2) is 11.6 Å². The van der Waals surface area contributed by atoms with Gasteiger partial charge in [-0.2, -0.15) is 0 Å². The zero-order valence-electron chi connectivity index (χ0n) is 16.5. The van der Waals surface area contributed by atoms with Gasteiger partial charge in [-0.3, -0.25) is 0 Å². The first-order valence-corrected chi connectivity index (χ1v) is 9.32. The number of aliphatic carboxylic acids is 1. The second-order valence-electron chi connectivity index (χ2n) is 6.60. The van der Waals surface area contributed by atoms with E-state index in [1.807, 2.05) is 6.07 Å². The summed E-state index contributed by atoms with van der Waals surface area (Å²) in [4.78, 5) is 13.8. The first-order valence-electron chi connectivity index (χ1n) is 9.32. The van der Waals surface area contributed by atoms with E-state index in [9.17, 15) is 14.3 Å². The van der Waals surface area contributed by atoms with Crippen LogP contribution in [0.15, 0.2) is 48.2 Å². The van der Waals surface area contributed by atoms with Crippen molar-refractivity contribution >= 4 is 17.2 Å². The lowest BCUT2D eigenvalue weighted by Gasteiger charge is -2.29. The van der Waals surface area contributed by atoms with Crippen molar-refractivity contribution in [3.8, 4) is 5.75 Å². The third-order valence-corrected chi connectivity index (χ3v) is 4.83. The molecule has 0 saturated carbocycles. The lowest BCUT2D eigenvalue weighted by molar-refractivity contribution is -0.130. The summed E-state index contributed by atoms with van der Waals surface area (Å²) in [6, 6.07) is 11.8. The number of benzene rings is 2. The molecule has 0 atom stereocenters. The number of carbonyl (C=O) groups is 1. The van der Waals surface area contributed by atoms with Crippen LogP contribution in [-0.4, -0.2) is 44.5 Å². The standard InChI is InChI=1S/C22H24FNO5/c1-15(27-2)21(22(25)26)18-6-4-3-5-16(18)14-29-20-8-7-17(13-19(20)23)24-9-11-28-12-10-24/h3-8,13H,9-12,14H2,1-2H3,(H,25,26)/b21-15+. The highest BCUT2D eigenvalue weighted by atomic mass is 19.1. The molecule has 0 aromatic heterocycles. The van der Waals surface area contributed by atoms with Gasteiger partial charge in [0, 0.05) is 24.8 Å². The second kappa shape index (κ2) is 9.43. The molecule has 0 amide bonds. The SMILES string of the molecule is CO/C(C)=C(/C(=O)O)c1ccccc1COc1ccc(N2CCOCC2)cc1F. The number of morpholine rings is 1. The highest BCUT2D eigenvalue weighted by molar-refractivity contribution is 6.16. The molecule has 0 bridgehead atoms. The Morgan fingerprint density at radius 2 is 1.93 bits per heavy atom. The number of halogens is 1. The molecular weight excluding hydrogens is 377 g/mol. The van der Waals surface area contributed by atoms with Crippen LogP contribution in [0.25, 0.3) is 5.57 Å². The van der Waals surface area contributed by atoms with Gasteiger partial charge in [0.2, 0.25) is 0 Å². The van der Waals surface area contributed by atoms with E-state index in [1.165, 1.54) is 13.2 Å². The zero-order chi connectivity index (χ0) is 20.8. The van der Waals surface area contributed by atoms with E-state index in [4.69, 9.17) is 14.2 Å². The van der Waals surface area contributed by atoms with Gasteiger partial charge in [-0.25, -0.2) is 9.18 Å². The van der Waals surface area contributed by atoms with Crippen molar-refractivity contribution in [2.75, 3.05) is 38.3 Å². The van der Waals surface area contributed by atoms with Gasteiger partial charge in [0.1, 0.15) is 17.9 Å². The number of allylic oxidation sites excluding steroid dienone is 1. The van der Waals surface area contributed by atoms with Crippen LogP contribution in [0.3, 0.4) is 0 Å². The lowest BCUT2D eigenvalue weighted by Crippen LogP contribution is -2.36. The molecule has 1 aliphatic heterocycles. The number of rotatable bonds is 7. The van der Waals surface area contributed by atoms with Crippen LogP contribution in [0.5, 0.6) is 5.75 Å². The molecule has 0 unspecified atom stereocenters. The summed E-state index contributed by atoms with van der Waals surface area (Å²) in [6.07, 6.45) is 0. The third-order valence-electron chi connectivity index (χ3n) is 4.83. The molecule has 2 aromatic carbocycles. The van der Waals surface area contributed by atoms with Crippen LogP contribution in [-0.2, 0) is 20.9 Å². The topological polar surface area (TPSA) is 68.2 Å². The van der Waals surface area contributed by atoms with Crippen molar-refractivity contribution < 1.29 is 28.5 Å². The summed E-state index contributed by atoms with van der Waals surface area (Å²) < 4.78 is 30.7. The van der Waals surface area contributed by atoms with E-state index >= 15 is 0 Å². The minimum atomic E-state index is -1.10. The fraction of sp³-hybridized carbons (Fsp3) is 0.318. The van der Waals surface area contributed by atoms with Crippen LogP contribution in [0.4, 0.5) is 10.1 Å². The van der Waals surface area contributed by atoms with Gasteiger partial charge >= 0.3 is 5.97 Å². The normalized spacial score (nSPS) is 14.9. The Balaban J connectivity index is 1.79. The van der Waals surface area contributed by atoms with E-state index in [-0.39, 0.29) is 23.7 Å². The molecule has 0 aliphatic carbocycles. The summed E-state index contributed by atoms with van der Waals surface area (Å²) in [5.74, 6) is -1.17.